The number of hydrogen-bond acceptors (Lipinski definition) is 3. The molecular formula is C7H6N2O. The van der Waals surface area contributed by atoms with Gasteiger partial charge >= 0.3 is 0 Å². The van der Waals surface area contributed by atoms with Gasteiger partial charge in [0.05, 0.1) is 0 Å². The SMILES string of the molecule is C=C1Cc2cncnc2O1. The highest BCUT2D eigenvalue weighted by Gasteiger charge is 2.15. The summed E-state index contributed by atoms with van der Waals surface area (Å²) in [5, 5.41) is 0. The van der Waals surface area contributed by atoms with Crippen LogP contribution in [0.25, 0.3) is 0 Å². The summed E-state index contributed by atoms with van der Waals surface area (Å²) in [4.78, 5) is 7.77. The van der Waals surface area contributed by atoms with E-state index < -0.39 is 0 Å². The standard InChI is InChI=1S/C7H6N2O/c1-5-2-6-3-8-4-9-7(6)10-5/h3-4H,1-2H2. The van der Waals surface area contributed by atoms with Gasteiger partial charge in [-0.3, -0.25) is 0 Å². The van der Waals surface area contributed by atoms with Crippen molar-refractivity contribution < 1.29 is 4.74 Å². The maximum Gasteiger partial charge on any atom is 0.225 e. The summed E-state index contributed by atoms with van der Waals surface area (Å²) < 4.78 is 5.16. The number of ether oxygens (including phenoxy) is 1. The summed E-state index contributed by atoms with van der Waals surface area (Å²) >= 11 is 0. The molecule has 0 aliphatic carbocycles. The minimum absolute atomic E-state index is 0.653. The Morgan fingerprint density at radius 2 is 2.50 bits per heavy atom. The van der Waals surface area contributed by atoms with Gasteiger partial charge in [0, 0.05) is 18.2 Å². The van der Waals surface area contributed by atoms with Crippen molar-refractivity contribution in [2.45, 2.75) is 6.42 Å². The van der Waals surface area contributed by atoms with E-state index in [-0.39, 0.29) is 0 Å². The fourth-order valence-electron chi connectivity index (χ4n) is 0.946. The van der Waals surface area contributed by atoms with Gasteiger partial charge in [-0.1, -0.05) is 6.58 Å². The first-order chi connectivity index (χ1) is 4.86. The highest BCUT2D eigenvalue weighted by atomic mass is 16.5. The fourth-order valence-corrected chi connectivity index (χ4v) is 0.946. The van der Waals surface area contributed by atoms with Crippen LogP contribution in [-0.2, 0) is 6.42 Å². The quantitative estimate of drug-likeness (QED) is 0.529. The van der Waals surface area contributed by atoms with Gasteiger partial charge in [0.25, 0.3) is 0 Å². The molecule has 0 amide bonds. The van der Waals surface area contributed by atoms with Crippen LogP contribution in [0.5, 0.6) is 5.88 Å². The van der Waals surface area contributed by atoms with E-state index in [9.17, 15) is 0 Å². The number of rotatable bonds is 0. The number of fused-ring (bicyclic) bond motifs is 1. The normalized spacial score (nSPS) is 14.6. The number of allylic oxidation sites excluding steroid dienone is 1. The molecule has 1 aromatic rings. The molecular weight excluding hydrogens is 128 g/mol. The van der Waals surface area contributed by atoms with Crippen molar-refractivity contribution in [1.82, 2.24) is 9.97 Å². The molecule has 0 N–H and O–H groups in total. The zero-order chi connectivity index (χ0) is 6.97. The molecule has 1 aromatic heterocycles. The Kier molecular flexibility index (Phi) is 0.974. The summed E-state index contributed by atoms with van der Waals surface area (Å²) in [6.07, 6.45) is 3.97. The third-order valence-electron chi connectivity index (χ3n) is 1.38. The highest BCUT2D eigenvalue weighted by molar-refractivity contribution is 5.32. The van der Waals surface area contributed by atoms with Crippen molar-refractivity contribution in [2.75, 3.05) is 0 Å². The van der Waals surface area contributed by atoms with E-state index in [4.69, 9.17) is 4.74 Å². The molecule has 10 heavy (non-hydrogen) atoms. The number of nitrogens with zero attached hydrogens (tertiary/aromatic N) is 2. The van der Waals surface area contributed by atoms with Crippen molar-refractivity contribution in [1.29, 1.82) is 0 Å². The highest BCUT2D eigenvalue weighted by Crippen LogP contribution is 2.25. The lowest BCUT2D eigenvalue weighted by atomic mass is 10.2. The van der Waals surface area contributed by atoms with E-state index in [2.05, 4.69) is 16.5 Å². The predicted molar refractivity (Wildman–Crippen MR) is 35.5 cm³/mol. The van der Waals surface area contributed by atoms with Crippen LogP contribution in [0.4, 0.5) is 0 Å². The average molecular weight is 134 g/mol. The monoisotopic (exact) mass is 134 g/mol. The van der Waals surface area contributed by atoms with E-state index in [1.807, 2.05) is 0 Å². The fraction of sp³-hybridized carbons (Fsp3) is 0.143. The van der Waals surface area contributed by atoms with Crippen molar-refractivity contribution in [3.05, 3.63) is 30.4 Å². The molecule has 50 valence electrons. The zero-order valence-electron chi connectivity index (χ0n) is 5.37. The minimum Gasteiger partial charge on any atom is -0.443 e. The Morgan fingerprint density at radius 1 is 1.60 bits per heavy atom. The van der Waals surface area contributed by atoms with E-state index in [1.54, 1.807) is 6.20 Å². The van der Waals surface area contributed by atoms with Crippen LogP contribution < -0.4 is 4.74 Å². The molecule has 1 aliphatic rings. The van der Waals surface area contributed by atoms with Gasteiger partial charge < -0.3 is 4.74 Å². The smallest absolute Gasteiger partial charge is 0.225 e. The van der Waals surface area contributed by atoms with E-state index in [0.717, 1.165) is 17.7 Å². The summed E-state index contributed by atoms with van der Waals surface area (Å²) in [6.45, 7) is 3.68. The van der Waals surface area contributed by atoms with Crippen LogP contribution in [0.1, 0.15) is 5.56 Å². The summed E-state index contributed by atoms with van der Waals surface area (Å²) in [7, 11) is 0. The molecule has 0 saturated carbocycles. The molecule has 3 heteroatoms. The minimum atomic E-state index is 0.653. The van der Waals surface area contributed by atoms with E-state index in [1.165, 1.54) is 6.33 Å². The molecule has 1 aliphatic heterocycles. The molecule has 0 fully saturated rings. The Hall–Kier alpha value is -1.38. The second-order valence-electron chi connectivity index (χ2n) is 2.17. The lowest BCUT2D eigenvalue weighted by molar-refractivity contribution is 0.432. The van der Waals surface area contributed by atoms with Gasteiger partial charge in [0.1, 0.15) is 12.1 Å². The van der Waals surface area contributed by atoms with Crippen molar-refractivity contribution >= 4 is 0 Å². The van der Waals surface area contributed by atoms with E-state index in [0.29, 0.717) is 5.88 Å². The maximum atomic E-state index is 5.16. The van der Waals surface area contributed by atoms with Crippen LogP contribution in [0.2, 0.25) is 0 Å². The molecule has 0 unspecified atom stereocenters. The topological polar surface area (TPSA) is 35.0 Å². The first-order valence-corrected chi connectivity index (χ1v) is 3.01. The van der Waals surface area contributed by atoms with Gasteiger partial charge in [-0.2, -0.15) is 0 Å². The van der Waals surface area contributed by atoms with Crippen LogP contribution in [0, 0.1) is 0 Å². The van der Waals surface area contributed by atoms with Gasteiger partial charge in [0.2, 0.25) is 5.88 Å². The van der Waals surface area contributed by atoms with Crippen LogP contribution in [0.15, 0.2) is 24.9 Å². The molecule has 0 aromatic carbocycles. The molecule has 0 atom stereocenters. The lowest BCUT2D eigenvalue weighted by Gasteiger charge is -1.92. The second-order valence-corrected chi connectivity index (χ2v) is 2.17. The number of aromatic nitrogens is 2. The van der Waals surface area contributed by atoms with Crippen molar-refractivity contribution in [3.8, 4) is 5.88 Å². The molecule has 0 spiro atoms. The Morgan fingerprint density at radius 3 is 3.30 bits per heavy atom. The largest absolute Gasteiger partial charge is 0.443 e. The van der Waals surface area contributed by atoms with Crippen LogP contribution in [0.3, 0.4) is 0 Å². The first-order valence-electron chi connectivity index (χ1n) is 3.01. The van der Waals surface area contributed by atoms with Gasteiger partial charge in [0.15, 0.2) is 0 Å². The molecule has 0 radical (unpaired) electrons. The molecule has 3 nitrogen and oxygen atoms in total. The third-order valence-corrected chi connectivity index (χ3v) is 1.38. The third kappa shape index (κ3) is 0.673. The summed E-state index contributed by atoms with van der Waals surface area (Å²) in [5.74, 6) is 1.40. The average Bonchev–Trinajstić information content (AvgIpc) is 2.27. The van der Waals surface area contributed by atoms with Crippen LogP contribution >= 0.6 is 0 Å². The molecule has 2 heterocycles. The van der Waals surface area contributed by atoms with Gasteiger partial charge in [-0.05, 0) is 0 Å². The van der Waals surface area contributed by atoms with E-state index >= 15 is 0 Å². The van der Waals surface area contributed by atoms with Gasteiger partial charge in [-0.15, -0.1) is 0 Å². The molecule has 0 saturated heterocycles. The van der Waals surface area contributed by atoms with Crippen molar-refractivity contribution in [2.24, 2.45) is 0 Å². The summed E-state index contributed by atoms with van der Waals surface area (Å²) in [5.41, 5.74) is 1.02. The number of hydrogen-bond donors (Lipinski definition) is 0. The van der Waals surface area contributed by atoms with Crippen LogP contribution in [-0.4, -0.2) is 9.97 Å². The molecule has 0 bridgehead atoms. The summed E-state index contributed by atoms with van der Waals surface area (Å²) in [6, 6.07) is 0. The van der Waals surface area contributed by atoms with Gasteiger partial charge in [-0.25, -0.2) is 9.97 Å². The zero-order valence-corrected chi connectivity index (χ0v) is 5.37. The Bertz CT molecular complexity index is 256. The molecule has 2 rings (SSSR count). The Labute approximate surface area is 58.4 Å². The predicted octanol–water partition coefficient (Wildman–Crippen LogP) is 0.925. The second kappa shape index (κ2) is 1.80. The first kappa shape index (κ1) is 5.41. The maximum absolute atomic E-state index is 5.16. The Balaban J connectivity index is 2.51. The lowest BCUT2D eigenvalue weighted by Crippen LogP contribution is -1.84. The van der Waals surface area contributed by atoms with Crippen molar-refractivity contribution in [3.63, 3.8) is 0 Å².